The fraction of sp³-hybridized carbons (Fsp3) is 0.773. The SMILES string of the molecule is CC/C=C\C/C=C\C/C=C\C/C=C\C(CCCCCCCC(=O)O)OC(=O)CCCCCCCCCCCCCCCCCCCCC. The van der Waals surface area contributed by atoms with Gasteiger partial charge in [0, 0.05) is 12.8 Å². The summed E-state index contributed by atoms with van der Waals surface area (Å²) in [5.74, 6) is -0.790. The van der Waals surface area contributed by atoms with Crippen LogP contribution in [0.5, 0.6) is 0 Å². The molecular formula is C44H78O4. The third-order valence-corrected chi connectivity index (χ3v) is 9.05. The number of allylic oxidation sites excluding steroid dienone is 7. The van der Waals surface area contributed by atoms with E-state index in [1.54, 1.807) is 0 Å². The number of ether oxygens (including phenoxy) is 1. The van der Waals surface area contributed by atoms with Crippen LogP contribution in [0.3, 0.4) is 0 Å². The van der Waals surface area contributed by atoms with Crippen LogP contribution in [0.25, 0.3) is 0 Å². The van der Waals surface area contributed by atoms with Gasteiger partial charge in [-0.3, -0.25) is 9.59 Å². The second kappa shape index (κ2) is 39.3. The second-order valence-electron chi connectivity index (χ2n) is 13.8. The molecule has 0 aliphatic carbocycles. The first kappa shape index (κ1) is 45.9. The number of carbonyl (C=O) groups is 2. The Morgan fingerprint density at radius 1 is 0.479 bits per heavy atom. The third-order valence-electron chi connectivity index (χ3n) is 9.05. The van der Waals surface area contributed by atoms with Gasteiger partial charge in [0.2, 0.25) is 0 Å². The van der Waals surface area contributed by atoms with Gasteiger partial charge in [0.15, 0.2) is 0 Å². The second-order valence-corrected chi connectivity index (χ2v) is 13.8. The van der Waals surface area contributed by atoms with E-state index in [9.17, 15) is 9.59 Å². The van der Waals surface area contributed by atoms with Gasteiger partial charge in [-0.1, -0.05) is 191 Å². The Morgan fingerprint density at radius 2 is 0.854 bits per heavy atom. The van der Waals surface area contributed by atoms with Gasteiger partial charge in [-0.15, -0.1) is 0 Å². The lowest BCUT2D eigenvalue weighted by molar-refractivity contribution is -0.147. The van der Waals surface area contributed by atoms with Gasteiger partial charge in [-0.2, -0.15) is 0 Å². The normalized spacial score (nSPS) is 12.7. The number of carboxylic acid groups (broad SMARTS) is 1. The highest BCUT2D eigenvalue weighted by Crippen LogP contribution is 2.16. The highest BCUT2D eigenvalue weighted by atomic mass is 16.5. The van der Waals surface area contributed by atoms with Crippen molar-refractivity contribution in [3.8, 4) is 0 Å². The van der Waals surface area contributed by atoms with Crippen LogP contribution in [0.15, 0.2) is 48.6 Å². The third kappa shape index (κ3) is 38.3. The zero-order valence-electron chi connectivity index (χ0n) is 31.8. The van der Waals surface area contributed by atoms with Gasteiger partial charge in [0.25, 0.3) is 0 Å². The van der Waals surface area contributed by atoms with E-state index >= 15 is 0 Å². The van der Waals surface area contributed by atoms with E-state index in [0.717, 1.165) is 77.0 Å². The van der Waals surface area contributed by atoms with Crippen molar-refractivity contribution in [2.24, 2.45) is 0 Å². The Bertz CT molecular complexity index is 809. The number of hydrogen-bond donors (Lipinski definition) is 1. The standard InChI is InChI=1S/C44H78O4/c1-3-5-7-9-11-13-15-16-17-18-19-20-21-22-24-26-28-33-37-41-44(47)48-42(39-35-31-29-32-36-40-43(45)46)38-34-30-27-25-23-14-12-10-8-6-4-2/h6,8,12,14,25,27,34,38,42H,3-5,7,9-11,13,15-24,26,28-33,35-37,39-41H2,1-2H3,(H,45,46)/b8-6-,14-12-,27-25-,38-34-. The van der Waals surface area contributed by atoms with Crippen molar-refractivity contribution in [1.82, 2.24) is 0 Å². The molecule has 48 heavy (non-hydrogen) atoms. The molecule has 0 fully saturated rings. The number of carbonyl (C=O) groups excluding carboxylic acids is 1. The first-order valence-corrected chi connectivity index (χ1v) is 20.6. The van der Waals surface area contributed by atoms with Gasteiger partial charge in [0.1, 0.15) is 6.10 Å². The monoisotopic (exact) mass is 671 g/mol. The summed E-state index contributed by atoms with van der Waals surface area (Å²) in [4.78, 5) is 23.3. The lowest BCUT2D eigenvalue weighted by Gasteiger charge is -2.14. The molecule has 278 valence electrons. The molecule has 0 aromatic carbocycles. The minimum atomic E-state index is -0.716. The van der Waals surface area contributed by atoms with Gasteiger partial charge in [-0.25, -0.2) is 0 Å². The molecule has 0 aliphatic heterocycles. The molecule has 0 radical (unpaired) electrons. The topological polar surface area (TPSA) is 63.6 Å². The van der Waals surface area contributed by atoms with Crippen LogP contribution in [-0.2, 0) is 14.3 Å². The van der Waals surface area contributed by atoms with Crippen LogP contribution in [0, 0.1) is 0 Å². The van der Waals surface area contributed by atoms with E-state index in [2.05, 4.69) is 62.5 Å². The molecule has 0 aromatic rings. The number of hydrogen-bond acceptors (Lipinski definition) is 3. The maximum Gasteiger partial charge on any atom is 0.306 e. The summed E-state index contributed by atoms with van der Waals surface area (Å²) >= 11 is 0. The van der Waals surface area contributed by atoms with Crippen molar-refractivity contribution in [2.45, 2.75) is 219 Å². The first-order chi connectivity index (χ1) is 23.6. The van der Waals surface area contributed by atoms with Gasteiger partial charge < -0.3 is 9.84 Å². The van der Waals surface area contributed by atoms with Crippen molar-refractivity contribution in [3.05, 3.63) is 48.6 Å². The summed E-state index contributed by atoms with van der Waals surface area (Å²) in [6.07, 6.45) is 53.0. The van der Waals surface area contributed by atoms with Crippen LogP contribution in [0.1, 0.15) is 213 Å². The molecule has 0 heterocycles. The lowest BCUT2D eigenvalue weighted by Crippen LogP contribution is -2.16. The van der Waals surface area contributed by atoms with E-state index < -0.39 is 5.97 Å². The average molecular weight is 671 g/mol. The smallest absolute Gasteiger partial charge is 0.306 e. The Balaban J connectivity index is 4.03. The fourth-order valence-electron chi connectivity index (χ4n) is 6.04. The van der Waals surface area contributed by atoms with E-state index in [-0.39, 0.29) is 18.5 Å². The van der Waals surface area contributed by atoms with E-state index in [1.165, 1.54) is 109 Å². The summed E-state index contributed by atoms with van der Waals surface area (Å²) in [5.41, 5.74) is 0. The molecule has 0 rings (SSSR count). The van der Waals surface area contributed by atoms with Crippen LogP contribution >= 0.6 is 0 Å². The molecule has 4 heteroatoms. The molecule has 0 aliphatic rings. The van der Waals surface area contributed by atoms with E-state index in [4.69, 9.17) is 9.84 Å². The van der Waals surface area contributed by atoms with Crippen LogP contribution in [0.4, 0.5) is 0 Å². The zero-order valence-corrected chi connectivity index (χ0v) is 31.8. The van der Waals surface area contributed by atoms with E-state index in [0.29, 0.717) is 6.42 Å². The Labute approximate surface area is 298 Å². The molecule has 0 saturated heterocycles. The van der Waals surface area contributed by atoms with Gasteiger partial charge in [-0.05, 0) is 57.4 Å². The number of rotatable bonds is 37. The molecule has 0 amide bonds. The maximum absolute atomic E-state index is 12.6. The van der Waals surface area contributed by atoms with Crippen LogP contribution in [0.2, 0.25) is 0 Å². The molecule has 1 N–H and O–H groups in total. The molecule has 0 bridgehead atoms. The molecule has 0 saturated carbocycles. The van der Waals surface area contributed by atoms with Crippen LogP contribution in [-0.4, -0.2) is 23.1 Å². The predicted molar refractivity (Wildman–Crippen MR) is 209 cm³/mol. The Hall–Kier alpha value is -2.10. The van der Waals surface area contributed by atoms with Crippen molar-refractivity contribution >= 4 is 11.9 Å². The van der Waals surface area contributed by atoms with Crippen molar-refractivity contribution in [2.75, 3.05) is 0 Å². The maximum atomic E-state index is 12.6. The summed E-state index contributed by atoms with van der Waals surface area (Å²) in [5, 5.41) is 8.81. The molecule has 1 atom stereocenters. The first-order valence-electron chi connectivity index (χ1n) is 20.6. The summed E-state index contributed by atoms with van der Waals surface area (Å²) in [7, 11) is 0. The highest BCUT2D eigenvalue weighted by Gasteiger charge is 2.11. The Kier molecular flexibility index (Phi) is 37.6. The van der Waals surface area contributed by atoms with Gasteiger partial charge >= 0.3 is 11.9 Å². The molecule has 4 nitrogen and oxygen atoms in total. The molecule has 1 unspecified atom stereocenters. The number of aliphatic carboxylic acids is 1. The number of esters is 1. The van der Waals surface area contributed by atoms with E-state index in [1.807, 2.05) is 0 Å². The number of unbranched alkanes of at least 4 members (excludes halogenated alkanes) is 22. The summed E-state index contributed by atoms with van der Waals surface area (Å²) in [6, 6.07) is 0. The number of carboxylic acids is 1. The molecular weight excluding hydrogens is 592 g/mol. The minimum Gasteiger partial charge on any atom is -0.481 e. The zero-order chi connectivity index (χ0) is 35.0. The summed E-state index contributed by atoms with van der Waals surface area (Å²) in [6.45, 7) is 4.44. The van der Waals surface area contributed by atoms with Crippen molar-refractivity contribution < 1.29 is 19.4 Å². The Morgan fingerprint density at radius 3 is 1.29 bits per heavy atom. The van der Waals surface area contributed by atoms with Gasteiger partial charge in [0.05, 0.1) is 0 Å². The minimum absolute atomic E-state index is 0.0733. The molecule has 0 spiro atoms. The lowest BCUT2D eigenvalue weighted by atomic mass is 10.0. The molecule has 0 aromatic heterocycles. The largest absolute Gasteiger partial charge is 0.481 e. The quantitative estimate of drug-likeness (QED) is 0.0406. The predicted octanol–water partition coefficient (Wildman–Crippen LogP) is 14.3. The van der Waals surface area contributed by atoms with Crippen LogP contribution < -0.4 is 0 Å². The van der Waals surface area contributed by atoms with Crippen molar-refractivity contribution in [1.29, 1.82) is 0 Å². The summed E-state index contributed by atoms with van der Waals surface area (Å²) < 4.78 is 5.89. The highest BCUT2D eigenvalue weighted by molar-refractivity contribution is 5.69. The average Bonchev–Trinajstić information content (AvgIpc) is 3.07. The van der Waals surface area contributed by atoms with Crippen molar-refractivity contribution in [3.63, 3.8) is 0 Å². The fourth-order valence-corrected chi connectivity index (χ4v) is 6.04.